The van der Waals surface area contributed by atoms with E-state index in [1.807, 2.05) is 0 Å². The van der Waals surface area contributed by atoms with Crippen molar-refractivity contribution in [2.24, 2.45) is 17.8 Å². The van der Waals surface area contributed by atoms with E-state index in [1.165, 1.54) is 109 Å². The molecule has 2 atom stereocenters. The third kappa shape index (κ3) is 22.3. The third-order valence-electron chi connectivity index (χ3n) is 6.27. The highest BCUT2D eigenvalue weighted by atomic mass is 16.5. The molecule has 0 bridgehead atoms. The highest BCUT2D eigenvalue weighted by Crippen LogP contribution is 2.20. The number of unbranched alkanes of at least 4 members (excludes halogenated alkanes) is 9. The average molecular weight is 397 g/mol. The zero-order valence-corrected chi connectivity index (χ0v) is 20.6. The van der Waals surface area contributed by atoms with Crippen molar-refractivity contribution in [3.05, 3.63) is 0 Å². The van der Waals surface area contributed by atoms with E-state index in [0.29, 0.717) is 0 Å². The summed E-state index contributed by atoms with van der Waals surface area (Å²) >= 11 is 0. The van der Waals surface area contributed by atoms with Gasteiger partial charge in [-0.05, 0) is 30.6 Å². The van der Waals surface area contributed by atoms with Gasteiger partial charge in [0.05, 0.1) is 0 Å². The number of ether oxygens (including phenoxy) is 1. The predicted molar refractivity (Wildman–Crippen MR) is 128 cm³/mol. The molecule has 0 aliphatic carbocycles. The quantitative estimate of drug-likeness (QED) is 0.165. The van der Waals surface area contributed by atoms with Gasteiger partial charge >= 0.3 is 0 Å². The summed E-state index contributed by atoms with van der Waals surface area (Å²) < 4.78 is 5.88. The number of hydrogen-bond donors (Lipinski definition) is 0. The molecule has 0 rings (SSSR count). The molecule has 0 aliphatic rings. The van der Waals surface area contributed by atoms with Crippen molar-refractivity contribution in [2.75, 3.05) is 13.2 Å². The molecular formula is C27H56O. The molecule has 0 aromatic heterocycles. The molecule has 0 aliphatic heterocycles. The molecule has 0 aromatic carbocycles. The van der Waals surface area contributed by atoms with Crippen LogP contribution in [0.1, 0.15) is 144 Å². The van der Waals surface area contributed by atoms with Gasteiger partial charge < -0.3 is 4.74 Å². The maximum atomic E-state index is 5.88. The predicted octanol–water partition coefficient (Wildman–Crippen LogP) is 9.58. The zero-order valence-electron chi connectivity index (χ0n) is 20.6. The smallest absolute Gasteiger partial charge is 0.0468 e. The van der Waals surface area contributed by atoms with Crippen molar-refractivity contribution in [3.8, 4) is 0 Å². The van der Waals surface area contributed by atoms with Crippen LogP contribution in [0.4, 0.5) is 0 Å². The van der Waals surface area contributed by atoms with Gasteiger partial charge in [0.25, 0.3) is 0 Å². The monoisotopic (exact) mass is 396 g/mol. The maximum absolute atomic E-state index is 5.88. The van der Waals surface area contributed by atoms with Crippen LogP contribution in [-0.4, -0.2) is 13.2 Å². The summed E-state index contributed by atoms with van der Waals surface area (Å²) in [5.74, 6) is 2.61. The summed E-state index contributed by atoms with van der Waals surface area (Å²) in [5, 5.41) is 0. The van der Waals surface area contributed by atoms with Gasteiger partial charge in [-0.2, -0.15) is 0 Å². The topological polar surface area (TPSA) is 9.23 Å². The highest BCUT2D eigenvalue weighted by molar-refractivity contribution is 4.59. The van der Waals surface area contributed by atoms with Crippen molar-refractivity contribution in [3.63, 3.8) is 0 Å². The largest absolute Gasteiger partial charge is 0.381 e. The zero-order chi connectivity index (χ0) is 20.9. The minimum absolute atomic E-state index is 0.829. The van der Waals surface area contributed by atoms with E-state index < -0.39 is 0 Å². The van der Waals surface area contributed by atoms with Crippen molar-refractivity contribution >= 4 is 0 Å². The molecule has 0 saturated carbocycles. The van der Waals surface area contributed by atoms with Gasteiger partial charge in [0.15, 0.2) is 0 Å². The van der Waals surface area contributed by atoms with Gasteiger partial charge in [0, 0.05) is 13.2 Å². The summed E-state index contributed by atoms with van der Waals surface area (Å²) in [5.41, 5.74) is 0. The van der Waals surface area contributed by atoms with Crippen molar-refractivity contribution < 1.29 is 4.74 Å². The fourth-order valence-corrected chi connectivity index (χ4v) is 4.06. The van der Waals surface area contributed by atoms with E-state index in [4.69, 9.17) is 4.74 Å². The standard InChI is InChI=1S/C27H56O/c1-6-7-8-9-10-11-12-13-14-15-23-28-24-22-27(5)21-17-20-26(4)19-16-18-25(2)3/h25-27H,6-24H2,1-5H3. The Morgan fingerprint density at radius 1 is 0.464 bits per heavy atom. The van der Waals surface area contributed by atoms with Crippen LogP contribution in [0.25, 0.3) is 0 Å². The lowest BCUT2D eigenvalue weighted by Gasteiger charge is -2.15. The lowest BCUT2D eigenvalue weighted by atomic mass is 9.93. The van der Waals surface area contributed by atoms with E-state index in [1.54, 1.807) is 0 Å². The Kier molecular flexibility index (Phi) is 21.6. The lowest BCUT2D eigenvalue weighted by molar-refractivity contribution is 0.116. The van der Waals surface area contributed by atoms with Gasteiger partial charge in [0.1, 0.15) is 0 Å². The Bertz CT molecular complexity index is 286. The van der Waals surface area contributed by atoms with Crippen LogP contribution in [0.15, 0.2) is 0 Å². The third-order valence-corrected chi connectivity index (χ3v) is 6.27. The minimum Gasteiger partial charge on any atom is -0.381 e. The van der Waals surface area contributed by atoms with Crippen molar-refractivity contribution in [2.45, 2.75) is 144 Å². The Hall–Kier alpha value is -0.0400. The van der Waals surface area contributed by atoms with E-state index in [2.05, 4.69) is 34.6 Å². The number of hydrogen-bond acceptors (Lipinski definition) is 1. The second-order valence-corrected chi connectivity index (χ2v) is 10.0. The van der Waals surface area contributed by atoms with E-state index >= 15 is 0 Å². The van der Waals surface area contributed by atoms with E-state index in [9.17, 15) is 0 Å². The van der Waals surface area contributed by atoms with Crippen LogP contribution in [0.3, 0.4) is 0 Å². The Balaban J connectivity index is 3.25. The average Bonchev–Trinajstić information content (AvgIpc) is 2.65. The lowest BCUT2D eigenvalue weighted by Crippen LogP contribution is -2.04. The molecular weight excluding hydrogens is 340 g/mol. The van der Waals surface area contributed by atoms with E-state index in [0.717, 1.165) is 31.0 Å². The molecule has 0 saturated heterocycles. The van der Waals surface area contributed by atoms with Gasteiger partial charge in [-0.3, -0.25) is 0 Å². The Morgan fingerprint density at radius 3 is 1.46 bits per heavy atom. The first-order valence-corrected chi connectivity index (χ1v) is 13.1. The van der Waals surface area contributed by atoms with E-state index in [-0.39, 0.29) is 0 Å². The SMILES string of the molecule is CCCCCCCCCCCCOCCC(C)CCCC(C)CCCC(C)C. The Morgan fingerprint density at radius 2 is 0.929 bits per heavy atom. The summed E-state index contributed by atoms with van der Waals surface area (Å²) in [4.78, 5) is 0. The van der Waals surface area contributed by atoms with Gasteiger partial charge in [-0.15, -0.1) is 0 Å². The molecule has 0 N–H and O–H groups in total. The first kappa shape index (κ1) is 28.0. The highest BCUT2D eigenvalue weighted by Gasteiger charge is 2.06. The van der Waals surface area contributed by atoms with Crippen LogP contribution in [0.5, 0.6) is 0 Å². The first-order chi connectivity index (χ1) is 13.6. The molecule has 28 heavy (non-hydrogen) atoms. The number of rotatable bonds is 22. The molecule has 0 radical (unpaired) electrons. The van der Waals surface area contributed by atoms with Crippen molar-refractivity contribution in [1.29, 1.82) is 0 Å². The summed E-state index contributed by atoms with van der Waals surface area (Å²) in [6.45, 7) is 13.8. The maximum Gasteiger partial charge on any atom is 0.0468 e. The minimum atomic E-state index is 0.829. The Labute approximate surface area is 179 Å². The fourth-order valence-electron chi connectivity index (χ4n) is 4.06. The summed E-state index contributed by atoms with van der Waals surface area (Å²) in [7, 11) is 0. The summed E-state index contributed by atoms with van der Waals surface area (Å²) in [6, 6.07) is 0. The van der Waals surface area contributed by atoms with Crippen LogP contribution in [0, 0.1) is 17.8 Å². The fraction of sp³-hybridized carbons (Fsp3) is 1.00. The van der Waals surface area contributed by atoms with Crippen molar-refractivity contribution in [1.82, 2.24) is 0 Å². The molecule has 0 amide bonds. The second-order valence-electron chi connectivity index (χ2n) is 10.0. The molecule has 170 valence electrons. The van der Waals surface area contributed by atoms with Gasteiger partial charge in [-0.1, -0.05) is 131 Å². The normalized spacial score (nSPS) is 13.9. The summed E-state index contributed by atoms with van der Waals surface area (Å²) in [6.07, 6.45) is 23.7. The van der Waals surface area contributed by atoms with Crippen LogP contribution in [-0.2, 0) is 4.74 Å². The molecule has 0 heterocycles. The molecule has 1 nitrogen and oxygen atoms in total. The molecule has 2 unspecified atom stereocenters. The van der Waals surface area contributed by atoms with Crippen LogP contribution in [0.2, 0.25) is 0 Å². The molecule has 1 heteroatoms. The first-order valence-electron chi connectivity index (χ1n) is 13.1. The molecule has 0 aromatic rings. The van der Waals surface area contributed by atoms with Crippen LogP contribution >= 0.6 is 0 Å². The molecule has 0 fully saturated rings. The van der Waals surface area contributed by atoms with Gasteiger partial charge in [-0.25, -0.2) is 0 Å². The van der Waals surface area contributed by atoms with Gasteiger partial charge in [0.2, 0.25) is 0 Å². The second kappa shape index (κ2) is 21.7. The molecule has 0 spiro atoms. The van der Waals surface area contributed by atoms with Crippen LogP contribution < -0.4 is 0 Å².